The van der Waals surface area contributed by atoms with Crippen molar-refractivity contribution in [3.8, 4) is 0 Å². The second kappa shape index (κ2) is 17.2. The summed E-state index contributed by atoms with van der Waals surface area (Å²) in [5.41, 5.74) is -3.77. The van der Waals surface area contributed by atoms with Gasteiger partial charge in [0, 0.05) is 37.3 Å². The van der Waals surface area contributed by atoms with Crippen molar-refractivity contribution in [2.75, 3.05) is 21.2 Å². The summed E-state index contributed by atoms with van der Waals surface area (Å²) in [6.45, 7) is 14.6. The summed E-state index contributed by atoms with van der Waals surface area (Å²) in [4.78, 5) is 29.7. The summed E-state index contributed by atoms with van der Waals surface area (Å²) in [7, 11) is 5.17. The Bertz CT molecular complexity index is 1120. The van der Waals surface area contributed by atoms with Gasteiger partial charge in [-0.05, 0) is 68.0 Å². The van der Waals surface area contributed by atoms with Crippen LogP contribution in [0, 0.1) is 23.7 Å². The van der Waals surface area contributed by atoms with E-state index in [0.717, 1.165) is 0 Å². The fourth-order valence-electron chi connectivity index (χ4n) is 8.15. The lowest BCUT2D eigenvalue weighted by atomic mass is 9.74. The average molecular weight is 720 g/mol. The van der Waals surface area contributed by atoms with Crippen LogP contribution in [-0.2, 0) is 38.0 Å². The number of methoxy groups -OCH3 is 1. The van der Waals surface area contributed by atoms with Crippen LogP contribution in [0.3, 0.4) is 0 Å². The molecule has 0 aromatic rings. The summed E-state index contributed by atoms with van der Waals surface area (Å²) in [5.74, 6) is -4.94. The minimum Gasteiger partial charge on any atom is -0.459 e. The lowest BCUT2D eigenvalue weighted by Crippen LogP contribution is -2.60. The number of hydrogen-bond acceptors (Lipinski definition) is 14. The molecule has 3 rings (SSSR count). The number of aliphatic hydroxyl groups is 5. The van der Waals surface area contributed by atoms with Gasteiger partial charge in [0.25, 0.3) is 0 Å². The van der Waals surface area contributed by atoms with E-state index in [-0.39, 0.29) is 31.4 Å². The predicted molar refractivity (Wildman–Crippen MR) is 182 cm³/mol. The van der Waals surface area contributed by atoms with Gasteiger partial charge >= 0.3 is 5.97 Å². The molecule has 292 valence electrons. The first-order valence-corrected chi connectivity index (χ1v) is 18.1. The zero-order chi connectivity index (χ0) is 38.0. The Morgan fingerprint density at radius 3 is 2.08 bits per heavy atom. The molecule has 18 atom stereocenters. The molecule has 50 heavy (non-hydrogen) atoms. The third kappa shape index (κ3) is 9.43. The molecule has 0 radical (unpaired) electrons. The van der Waals surface area contributed by atoms with Crippen LogP contribution in [-0.4, -0.2) is 148 Å². The van der Waals surface area contributed by atoms with E-state index >= 15 is 0 Å². The Morgan fingerprint density at radius 2 is 1.52 bits per heavy atom. The highest BCUT2D eigenvalue weighted by Crippen LogP contribution is 2.39. The van der Waals surface area contributed by atoms with Crippen molar-refractivity contribution in [2.24, 2.45) is 23.7 Å². The summed E-state index contributed by atoms with van der Waals surface area (Å²) in [6, 6.07) is -0.320. The second-order valence-electron chi connectivity index (χ2n) is 15.8. The van der Waals surface area contributed by atoms with E-state index in [2.05, 4.69) is 0 Å². The van der Waals surface area contributed by atoms with Crippen molar-refractivity contribution in [1.82, 2.24) is 4.90 Å². The summed E-state index contributed by atoms with van der Waals surface area (Å²) in [6.07, 6.45) is -10.1. The average Bonchev–Trinajstić information content (AvgIpc) is 3.04. The van der Waals surface area contributed by atoms with Crippen LogP contribution >= 0.6 is 0 Å². The Morgan fingerprint density at radius 1 is 0.900 bits per heavy atom. The van der Waals surface area contributed by atoms with Crippen LogP contribution in [0.25, 0.3) is 0 Å². The smallest absolute Gasteiger partial charge is 0.311 e. The van der Waals surface area contributed by atoms with E-state index in [1.165, 1.54) is 27.9 Å². The van der Waals surface area contributed by atoms with Gasteiger partial charge in [0.2, 0.25) is 0 Å². The van der Waals surface area contributed by atoms with Crippen LogP contribution in [0.2, 0.25) is 0 Å². The first kappa shape index (κ1) is 43.1. The number of carbonyl (C=O) groups is 2. The molecule has 0 spiro atoms. The standard InChI is InChI=1S/C36H65NO13/c1-13-25-36(9,44)31(41)19(4)27(38)17(2)16-35(8,43)32(50-34-29(40)23(37(10)11)14-18(3)46-34)20(5)30(21(6)33(42)48-25)49-26-15-24(45-12)28(39)22(7)47-26/h17-26,28-32,34,39-41,43-44H,13-16H2,1-12H3. The number of carbonyl (C=O) groups excluding carboxylic acids is 2. The van der Waals surface area contributed by atoms with Crippen molar-refractivity contribution >= 4 is 11.8 Å². The largest absolute Gasteiger partial charge is 0.459 e. The minimum atomic E-state index is -1.99. The number of cyclic esters (lactones) is 1. The fraction of sp³-hybridized carbons (Fsp3) is 0.944. The number of ether oxygens (including phenoxy) is 6. The second-order valence-corrected chi connectivity index (χ2v) is 15.8. The molecule has 3 fully saturated rings. The molecular weight excluding hydrogens is 654 g/mol. The zero-order valence-corrected chi connectivity index (χ0v) is 32.0. The van der Waals surface area contributed by atoms with Crippen LogP contribution < -0.4 is 0 Å². The quantitative estimate of drug-likeness (QED) is 0.237. The minimum absolute atomic E-state index is 0.128. The molecule has 5 N–H and O–H groups in total. The fourth-order valence-corrected chi connectivity index (χ4v) is 8.15. The van der Waals surface area contributed by atoms with E-state index in [9.17, 15) is 35.1 Å². The lowest BCUT2D eigenvalue weighted by molar-refractivity contribution is -0.311. The number of hydrogen-bond donors (Lipinski definition) is 5. The molecule has 14 heteroatoms. The number of rotatable bonds is 7. The Labute approximate surface area is 297 Å². The maximum atomic E-state index is 14.0. The highest BCUT2D eigenvalue weighted by atomic mass is 16.7. The summed E-state index contributed by atoms with van der Waals surface area (Å²) in [5, 5.41) is 57.2. The molecule has 0 aromatic carbocycles. The van der Waals surface area contributed by atoms with Gasteiger partial charge in [-0.25, -0.2) is 0 Å². The lowest BCUT2D eigenvalue weighted by Gasteiger charge is -2.48. The Balaban J connectivity index is 2.16. The van der Waals surface area contributed by atoms with Gasteiger partial charge in [0.1, 0.15) is 29.7 Å². The van der Waals surface area contributed by atoms with Crippen molar-refractivity contribution in [2.45, 2.75) is 173 Å². The first-order chi connectivity index (χ1) is 23.1. The van der Waals surface area contributed by atoms with E-state index < -0.39 is 108 Å². The summed E-state index contributed by atoms with van der Waals surface area (Å²) >= 11 is 0. The van der Waals surface area contributed by atoms with E-state index in [4.69, 9.17) is 28.4 Å². The molecule has 0 saturated carbocycles. The van der Waals surface area contributed by atoms with Gasteiger partial charge in [-0.3, -0.25) is 9.59 Å². The maximum Gasteiger partial charge on any atom is 0.311 e. The first-order valence-electron chi connectivity index (χ1n) is 18.1. The number of Topliss-reactive ketones (excluding diaryl/α,β-unsaturated/α-hetero) is 1. The maximum absolute atomic E-state index is 14.0. The molecule has 14 nitrogen and oxygen atoms in total. The highest BCUT2D eigenvalue weighted by Gasteiger charge is 2.52. The topological polar surface area (TPSA) is 194 Å². The van der Waals surface area contributed by atoms with Crippen molar-refractivity contribution in [3.05, 3.63) is 0 Å². The number of esters is 1. The monoisotopic (exact) mass is 719 g/mol. The SMILES string of the molecule is CCC1OC(=O)C(C)C(OC2CC(OC)C(O)C(C)O2)C(C)C(OC2OC(C)CC(N(C)C)C2O)C(C)(O)CC(C)C(=O)C(C)C(O)C1(C)O. The van der Waals surface area contributed by atoms with Gasteiger partial charge in [-0.1, -0.05) is 27.7 Å². The zero-order valence-electron chi connectivity index (χ0n) is 32.0. The van der Waals surface area contributed by atoms with Crippen LogP contribution in [0.4, 0.5) is 0 Å². The Hall–Kier alpha value is -1.30. The Kier molecular flexibility index (Phi) is 14.9. The van der Waals surface area contributed by atoms with Gasteiger partial charge < -0.3 is 58.9 Å². The molecule has 18 unspecified atom stereocenters. The van der Waals surface area contributed by atoms with Gasteiger partial charge in [0.05, 0.1) is 48.1 Å². The molecule has 3 aliphatic rings. The van der Waals surface area contributed by atoms with Crippen molar-refractivity contribution in [3.63, 3.8) is 0 Å². The van der Waals surface area contributed by atoms with E-state index in [1.807, 2.05) is 25.9 Å². The van der Waals surface area contributed by atoms with E-state index in [1.54, 1.807) is 34.6 Å². The number of aliphatic hydroxyl groups excluding tert-OH is 3. The number of likely N-dealkylation sites (N-methyl/N-ethyl adjacent to an activating group) is 1. The van der Waals surface area contributed by atoms with Crippen LogP contribution in [0.5, 0.6) is 0 Å². The highest BCUT2D eigenvalue weighted by molar-refractivity contribution is 5.83. The van der Waals surface area contributed by atoms with Gasteiger partial charge in [0.15, 0.2) is 12.6 Å². The molecule has 0 aromatic heterocycles. The van der Waals surface area contributed by atoms with Crippen molar-refractivity contribution < 1.29 is 63.5 Å². The number of ketones is 1. The van der Waals surface area contributed by atoms with E-state index in [0.29, 0.717) is 6.42 Å². The van der Waals surface area contributed by atoms with Crippen LogP contribution in [0.1, 0.15) is 88.0 Å². The molecular formula is C36H65NO13. The molecule has 0 aliphatic carbocycles. The van der Waals surface area contributed by atoms with Gasteiger partial charge in [-0.2, -0.15) is 0 Å². The third-order valence-electron chi connectivity index (χ3n) is 11.3. The summed E-state index contributed by atoms with van der Waals surface area (Å²) < 4.78 is 36.7. The molecule has 3 saturated heterocycles. The third-order valence-corrected chi connectivity index (χ3v) is 11.3. The van der Waals surface area contributed by atoms with Crippen LogP contribution in [0.15, 0.2) is 0 Å². The predicted octanol–water partition coefficient (Wildman–Crippen LogP) is 1.40. The van der Waals surface area contributed by atoms with Crippen molar-refractivity contribution in [1.29, 1.82) is 0 Å². The number of nitrogens with zero attached hydrogens (tertiary/aromatic N) is 1. The normalized spacial score (nSPS) is 49.0. The molecule has 3 aliphatic heterocycles. The van der Waals surface area contributed by atoms with Gasteiger partial charge in [-0.15, -0.1) is 0 Å². The molecule has 3 heterocycles. The molecule has 0 bridgehead atoms. The molecule has 0 amide bonds.